The second-order valence-electron chi connectivity index (χ2n) is 4.59. The molecule has 3 nitrogen and oxygen atoms in total. The largest absolute Gasteiger partial charge is 0.308 e. The lowest BCUT2D eigenvalue weighted by molar-refractivity contribution is 0.645. The molecule has 1 aromatic carbocycles. The van der Waals surface area contributed by atoms with Crippen LogP contribution in [-0.4, -0.2) is 15.8 Å². The van der Waals surface area contributed by atoms with Gasteiger partial charge in [-0.05, 0) is 18.9 Å². The number of hydrogen-bond donors (Lipinski definition) is 1. The molecule has 0 atom stereocenters. The van der Waals surface area contributed by atoms with Gasteiger partial charge in [-0.15, -0.1) is 6.58 Å². The maximum Gasteiger partial charge on any atom is 0.0841 e. The number of hydrogen-bond acceptors (Lipinski definition) is 2. The lowest BCUT2D eigenvalue weighted by atomic mass is 10.2. The number of para-hydroxylation sites is 1. The molecule has 1 heterocycles. The Kier molecular flexibility index (Phi) is 2.69. The number of rotatable bonds is 5. The SMILES string of the molecule is C=CCn1nc(CNC2CC2)c2ccccc21. The molecule has 0 aliphatic heterocycles. The molecule has 0 unspecified atom stereocenters. The van der Waals surface area contributed by atoms with Crippen LogP contribution in [0.25, 0.3) is 10.9 Å². The van der Waals surface area contributed by atoms with Gasteiger partial charge in [-0.2, -0.15) is 5.10 Å². The quantitative estimate of drug-likeness (QED) is 0.795. The molecule has 0 spiro atoms. The molecule has 1 fully saturated rings. The van der Waals surface area contributed by atoms with Crippen molar-refractivity contribution in [2.75, 3.05) is 0 Å². The highest BCUT2D eigenvalue weighted by molar-refractivity contribution is 5.81. The molecule has 1 aromatic heterocycles. The second-order valence-corrected chi connectivity index (χ2v) is 4.59. The topological polar surface area (TPSA) is 29.9 Å². The van der Waals surface area contributed by atoms with E-state index in [2.05, 4.69) is 41.3 Å². The Balaban J connectivity index is 1.94. The van der Waals surface area contributed by atoms with Crippen LogP contribution in [0.1, 0.15) is 18.5 Å². The van der Waals surface area contributed by atoms with Gasteiger partial charge in [0, 0.05) is 18.0 Å². The third-order valence-corrected chi connectivity index (χ3v) is 3.17. The molecule has 1 aliphatic rings. The first-order valence-electron chi connectivity index (χ1n) is 6.17. The maximum absolute atomic E-state index is 4.66. The van der Waals surface area contributed by atoms with E-state index in [0.29, 0.717) is 0 Å². The minimum absolute atomic E-state index is 0.721. The summed E-state index contributed by atoms with van der Waals surface area (Å²) in [7, 11) is 0. The molecular weight excluding hydrogens is 210 g/mol. The second kappa shape index (κ2) is 4.34. The summed E-state index contributed by atoms with van der Waals surface area (Å²) in [5.74, 6) is 0. The molecule has 0 radical (unpaired) electrons. The third kappa shape index (κ3) is 2.11. The van der Waals surface area contributed by atoms with E-state index >= 15 is 0 Å². The first-order chi connectivity index (χ1) is 8.38. The van der Waals surface area contributed by atoms with Crippen LogP contribution in [0.3, 0.4) is 0 Å². The summed E-state index contributed by atoms with van der Waals surface area (Å²) >= 11 is 0. The van der Waals surface area contributed by atoms with Crippen molar-refractivity contribution in [3.8, 4) is 0 Å². The smallest absolute Gasteiger partial charge is 0.0841 e. The third-order valence-electron chi connectivity index (χ3n) is 3.17. The Hall–Kier alpha value is -1.61. The van der Waals surface area contributed by atoms with Crippen molar-refractivity contribution in [2.24, 2.45) is 0 Å². The molecule has 3 rings (SSSR count). The van der Waals surface area contributed by atoms with Gasteiger partial charge in [0.15, 0.2) is 0 Å². The monoisotopic (exact) mass is 227 g/mol. The van der Waals surface area contributed by atoms with Crippen LogP contribution in [0.2, 0.25) is 0 Å². The zero-order valence-electron chi connectivity index (χ0n) is 9.89. The number of nitrogens with zero attached hydrogens (tertiary/aromatic N) is 2. The van der Waals surface area contributed by atoms with Gasteiger partial charge >= 0.3 is 0 Å². The lowest BCUT2D eigenvalue weighted by Gasteiger charge is -1.98. The highest BCUT2D eigenvalue weighted by Gasteiger charge is 2.21. The first kappa shape index (κ1) is 10.5. The Morgan fingerprint density at radius 3 is 3.00 bits per heavy atom. The summed E-state index contributed by atoms with van der Waals surface area (Å²) < 4.78 is 2.02. The molecule has 88 valence electrons. The van der Waals surface area contributed by atoms with Gasteiger partial charge in [0.05, 0.1) is 17.8 Å². The molecule has 1 aliphatic carbocycles. The van der Waals surface area contributed by atoms with Gasteiger partial charge in [0.1, 0.15) is 0 Å². The van der Waals surface area contributed by atoms with Crippen molar-refractivity contribution in [2.45, 2.75) is 32.0 Å². The Bertz CT molecular complexity index is 537. The van der Waals surface area contributed by atoms with E-state index in [4.69, 9.17) is 0 Å². The van der Waals surface area contributed by atoms with E-state index in [1.165, 1.54) is 23.7 Å². The standard InChI is InChI=1S/C14H17N3/c1-2-9-17-14-6-4-3-5-12(14)13(16-17)10-15-11-7-8-11/h2-6,11,15H,1,7-10H2. The van der Waals surface area contributed by atoms with Crippen molar-refractivity contribution in [1.29, 1.82) is 0 Å². The zero-order chi connectivity index (χ0) is 11.7. The number of allylic oxidation sites excluding steroid dienone is 1. The summed E-state index contributed by atoms with van der Waals surface area (Å²) in [6.45, 7) is 5.42. The molecule has 3 heteroatoms. The van der Waals surface area contributed by atoms with E-state index in [1.54, 1.807) is 0 Å². The van der Waals surface area contributed by atoms with Crippen molar-refractivity contribution >= 4 is 10.9 Å². The number of nitrogens with one attached hydrogen (secondary N) is 1. The molecular formula is C14H17N3. The lowest BCUT2D eigenvalue weighted by Crippen LogP contribution is -2.16. The van der Waals surface area contributed by atoms with E-state index < -0.39 is 0 Å². The summed E-state index contributed by atoms with van der Waals surface area (Å²) in [4.78, 5) is 0. The van der Waals surface area contributed by atoms with Crippen LogP contribution in [0.4, 0.5) is 0 Å². The molecule has 0 saturated heterocycles. The van der Waals surface area contributed by atoms with Crippen molar-refractivity contribution in [3.05, 3.63) is 42.6 Å². The van der Waals surface area contributed by atoms with Crippen LogP contribution >= 0.6 is 0 Å². The molecule has 17 heavy (non-hydrogen) atoms. The van der Waals surface area contributed by atoms with Crippen LogP contribution in [-0.2, 0) is 13.1 Å². The van der Waals surface area contributed by atoms with Gasteiger partial charge in [0.2, 0.25) is 0 Å². The average Bonchev–Trinajstić information content (AvgIpc) is 3.12. The fraction of sp³-hybridized carbons (Fsp3) is 0.357. The minimum Gasteiger partial charge on any atom is -0.308 e. The highest BCUT2D eigenvalue weighted by atomic mass is 15.3. The molecule has 1 saturated carbocycles. The van der Waals surface area contributed by atoms with Crippen LogP contribution in [0.5, 0.6) is 0 Å². The molecule has 2 aromatic rings. The van der Waals surface area contributed by atoms with Crippen molar-refractivity contribution < 1.29 is 0 Å². The highest BCUT2D eigenvalue weighted by Crippen LogP contribution is 2.22. The first-order valence-corrected chi connectivity index (χ1v) is 6.17. The Morgan fingerprint density at radius 2 is 2.24 bits per heavy atom. The fourth-order valence-electron chi connectivity index (χ4n) is 2.12. The van der Waals surface area contributed by atoms with Crippen molar-refractivity contribution in [3.63, 3.8) is 0 Å². The molecule has 0 bridgehead atoms. The predicted molar refractivity (Wildman–Crippen MR) is 69.8 cm³/mol. The Morgan fingerprint density at radius 1 is 1.41 bits per heavy atom. The van der Waals surface area contributed by atoms with Gasteiger partial charge in [-0.1, -0.05) is 24.3 Å². The number of fused-ring (bicyclic) bond motifs is 1. The van der Waals surface area contributed by atoms with Gasteiger partial charge < -0.3 is 5.32 Å². The average molecular weight is 227 g/mol. The summed E-state index contributed by atoms with van der Waals surface area (Å²) in [5, 5.41) is 9.43. The number of benzene rings is 1. The predicted octanol–water partition coefficient (Wildman–Crippen LogP) is 2.47. The van der Waals surface area contributed by atoms with Crippen LogP contribution in [0, 0.1) is 0 Å². The zero-order valence-corrected chi connectivity index (χ0v) is 9.89. The number of aromatic nitrogens is 2. The van der Waals surface area contributed by atoms with E-state index in [0.717, 1.165) is 24.8 Å². The van der Waals surface area contributed by atoms with E-state index in [9.17, 15) is 0 Å². The van der Waals surface area contributed by atoms with Gasteiger partial charge in [0.25, 0.3) is 0 Å². The Labute approximate surface area is 101 Å². The summed E-state index contributed by atoms with van der Waals surface area (Å²) in [6, 6.07) is 9.11. The van der Waals surface area contributed by atoms with E-state index in [1.807, 2.05) is 10.8 Å². The summed E-state index contributed by atoms with van der Waals surface area (Å²) in [6.07, 6.45) is 4.51. The van der Waals surface area contributed by atoms with Gasteiger partial charge in [-0.25, -0.2) is 0 Å². The van der Waals surface area contributed by atoms with Gasteiger partial charge in [-0.3, -0.25) is 4.68 Å². The maximum atomic E-state index is 4.66. The van der Waals surface area contributed by atoms with Crippen molar-refractivity contribution in [1.82, 2.24) is 15.1 Å². The minimum atomic E-state index is 0.721. The van der Waals surface area contributed by atoms with E-state index in [-0.39, 0.29) is 0 Å². The van der Waals surface area contributed by atoms with Crippen LogP contribution < -0.4 is 5.32 Å². The summed E-state index contributed by atoms with van der Waals surface area (Å²) in [5.41, 5.74) is 2.34. The van der Waals surface area contributed by atoms with Crippen LogP contribution in [0.15, 0.2) is 36.9 Å². The normalized spacial score (nSPS) is 15.3. The molecule has 0 amide bonds. The molecule has 1 N–H and O–H groups in total. The fourth-order valence-corrected chi connectivity index (χ4v) is 2.12.